The molecule has 144 valence electrons. The van der Waals surface area contributed by atoms with E-state index in [1.807, 2.05) is 0 Å². The maximum Gasteiger partial charge on any atom is 0.417 e. The molecule has 1 saturated carbocycles. The van der Waals surface area contributed by atoms with Crippen LogP contribution in [0, 0.1) is 5.92 Å². The molecular weight excluding hydrogens is 363 g/mol. The number of hydrogen-bond acceptors (Lipinski definition) is 6. The number of aromatic nitrogens is 3. The Kier molecular flexibility index (Phi) is 5.54. The number of hydrogen-bond donors (Lipinski definition) is 3. The Hall–Kier alpha value is -2.75. The van der Waals surface area contributed by atoms with Crippen LogP contribution in [0.5, 0.6) is 0 Å². The van der Waals surface area contributed by atoms with Crippen LogP contribution in [0.2, 0.25) is 0 Å². The number of pyridine rings is 1. The van der Waals surface area contributed by atoms with Crippen molar-refractivity contribution in [1.82, 2.24) is 15.0 Å². The molecule has 0 aliphatic heterocycles. The van der Waals surface area contributed by atoms with Crippen LogP contribution in [0.4, 0.5) is 24.7 Å². The Bertz CT molecular complexity index is 815. The molecule has 3 N–H and O–H groups in total. The number of nitrogens with one attached hydrogen (secondary N) is 2. The molecule has 1 aliphatic carbocycles. The van der Waals surface area contributed by atoms with Crippen molar-refractivity contribution in [3.8, 4) is 0 Å². The van der Waals surface area contributed by atoms with Gasteiger partial charge in [0.2, 0.25) is 0 Å². The van der Waals surface area contributed by atoms with Gasteiger partial charge in [0.15, 0.2) is 11.5 Å². The second-order valence-corrected chi connectivity index (χ2v) is 6.31. The normalized spacial score (nSPS) is 19.7. The van der Waals surface area contributed by atoms with E-state index in [-0.39, 0.29) is 23.1 Å². The van der Waals surface area contributed by atoms with Gasteiger partial charge < -0.3 is 15.7 Å². The van der Waals surface area contributed by atoms with Crippen molar-refractivity contribution in [3.63, 3.8) is 0 Å². The third-order valence-electron chi connectivity index (χ3n) is 4.39. The third-order valence-corrected chi connectivity index (χ3v) is 4.39. The van der Waals surface area contributed by atoms with E-state index in [2.05, 4.69) is 25.6 Å². The number of rotatable bonds is 5. The molecule has 1 amide bonds. The summed E-state index contributed by atoms with van der Waals surface area (Å²) >= 11 is 0. The first-order chi connectivity index (χ1) is 12.8. The number of carbonyl (C=O) groups is 1. The van der Waals surface area contributed by atoms with Crippen molar-refractivity contribution in [2.75, 3.05) is 17.2 Å². The molecule has 10 heteroatoms. The van der Waals surface area contributed by atoms with Gasteiger partial charge in [-0.05, 0) is 18.9 Å². The molecule has 2 aromatic rings. The van der Waals surface area contributed by atoms with Gasteiger partial charge in [-0.1, -0.05) is 6.42 Å². The third kappa shape index (κ3) is 4.70. The predicted octanol–water partition coefficient (Wildman–Crippen LogP) is 2.72. The van der Waals surface area contributed by atoms with Crippen LogP contribution in [0.15, 0.2) is 30.9 Å². The van der Waals surface area contributed by atoms with Crippen molar-refractivity contribution in [2.24, 2.45) is 5.92 Å². The minimum absolute atomic E-state index is 0.0515. The lowest BCUT2D eigenvalue weighted by molar-refractivity contribution is -0.137. The molecule has 0 spiro atoms. The number of aliphatic hydroxyl groups excluding tert-OH is 1. The second-order valence-electron chi connectivity index (χ2n) is 6.31. The first-order valence-electron chi connectivity index (χ1n) is 8.41. The van der Waals surface area contributed by atoms with Gasteiger partial charge in [0.05, 0.1) is 23.6 Å². The molecule has 1 aliphatic rings. The molecule has 27 heavy (non-hydrogen) atoms. The van der Waals surface area contributed by atoms with Crippen LogP contribution in [-0.4, -0.2) is 38.6 Å². The Morgan fingerprint density at radius 1 is 1.22 bits per heavy atom. The standard InChI is InChI=1S/C17H18F3N5O2/c18-17(19,20)11-6-12(9-21-8-11)25-16(27)14-15(23-5-4-22-14)24-7-10-2-1-3-13(10)26/h4-6,8-10,13,26H,1-3,7H2,(H,23,24)(H,25,27)/t10?,13-/m1/s1. The Morgan fingerprint density at radius 3 is 2.70 bits per heavy atom. The molecule has 2 aromatic heterocycles. The maximum absolute atomic E-state index is 12.8. The number of alkyl halides is 3. The van der Waals surface area contributed by atoms with Crippen molar-refractivity contribution < 1.29 is 23.1 Å². The lowest BCUT2D eigenvalue weighted by Gasteiger charge is -2.16. The highest BCUT2D eigenvalue weighted by Gasteiger charge is 2.31. The first-order valence-corrected chi connectivity index (χ1v) is 8.41. The average Bonchev–Trinajstić information content (AvgIpc) is 3.04. The predicted molar refractivity (Wildman–Crippen MR) is 91.1 cm³/mol. The maximum atomic E-state index is 12.8. The zero-order valence-corrected chi connectivity index (χ0v) is 14.2. The Labute approximate surface area is 153 Å². The first kappa shape index (κ1) is 19.0. The van der Waals surface area contributed by atoms with Crippen molar-refractivity contribution in [3.05, 3.63) is 42.1 Å². The van der Waals surface area contributed by atoms with Gasteiger partial charge in [0.25, 0.3) is 5.91 Å². The zero-order chi connectivity index (χ0) is 19.4. The highest BCUT2D eigenvalue weighted by molar-refractivity contribution is 6.05. The number of halogens is 3. The van der Waals surface area contributed by atoms with Gasteiger partial charge in [0.1, 0.15) is 0 Å². The number of aliphatic hydroxyl groups is 1. The molecular formula is C17H18F3N5O2. The fourth-order valence-corrected chi connectivity index (χ4v) is 2.97. The number of carbonyl (C=O) groups excluding carboxylic acids is 1. The molecule has 3 rings (SSSR count). The number of nitrogens with zero attached hydrogens (tertiary/aromatic N) is 3. The SMILES string of the molecule is O=C(Nc1cncc(C(F)(F)F)c1)c1nccnc1NCC1CCC[C@H]1O. The second kappa shape index (κ2) is 7.87. The molecule has 2 heterocycles. The van der Waals surface area contributed by atoms with Gasteiger partial charge in [-0.3, -0.25) is 9.78 Å². The highest BCUT2D eigenvalue weighted by atomic mass is 19.4. The summed E-state index contributed by atoms with van der Waals surface area (Å²) < 4.78 is 38.3. The van der Waals surface area contributed by atoms with E-state index < -0.39 is 23.8 Å². The lowest BCUT2D eigenvalue weighted by atomic mass is 10.1. The van der Waals surface area contributed by atoms with E-state index in [4.69, 9.17) is 0 Å². The van der Waals surface area contributed by atoms with Crippen molar-refractivity contribution in [1.29, 1.82) is 0 Å². The minimum Gasteiger partial charge on any atom is -0.393 e. The summed E-state index contributed by atoms with van der Waals surface area (Å²) in [5, 5.41) is 15.2. The molecule has 0 radical (unpaired) electrons. The van der Waals surface area contributed by atoms with E-state index in [0.717, 1.165) is 31.5 Å². The molecule has 7 nitrogen and oxygen atoms in total. The van der Waals surface area contributed by atoms with Gasteiger partial charge >= 0.3 is 6.18 Å². The summed E-state index contributed by atoms with van der Waals surface area (Å²) in [6.07, 6.45) is 2.09. The summed E-state index contributed by atoms with van der Waals surface area (Å²) in [4.78, 5) is 24.0. The monoisotopic (exact) mass is 381 g/mol. The average molecular weight is 381 g/mol. The van der Waals surface area contributed by atoms with E-state index in [0.29, 0.717) is 12.7 Å². The summed E-state index contributed by atoms with van der Waals surface area (Å²) in [6.45, 7) is 0.422. The van der Waals surface area contributed by atoms with Crippen LogP contribution in [0.25, 0.3) is 0 Å². The zero-order valence-electron chi connectivity index (χ0n) is 14.2. The number of amides is 1. The number of anilines is 2. The fraction of sp³-hybridized carbons (Fsp3) is 0.412. The van der Waals surface area contributed by atoms with E-state index in [1.54, 1.807) is 0 Å². The summed E-state index contributed by atoms with van der Waals surface area (Å²) in [5.41, 5.74) is -1.12. The van der Waals surface area contributed by atoms with Crippen LogP contribution in [0.1, 0.15) is 35.3 Å². The molecule has 0 aromatic carbocycles. The van der Waals surface area contributed by atoms with Gasteiger partial charge in [-0.2, -0.15) is 13.2 Å². The molecule has 1 fully saturated rings. The summed E-state index contributed by atoms with van der Waals surface area (Å²) in [5.74, 6) is -0.455. The van der Waals surface area contributed by atoms with Crippen LogP contribution >= 0.6 is 0 Å². The minimum atomic E-state index is -4.56. The van der Waals surface area contributed by atoms with Gasteiger partial charge in [-0.15, -0.1) is 0 Å². The lowest BCUT2D eigenvalue weighted by Crippen LogP contribution is -2.24. The largest absolute Gasteiger partial charge is 0.417 e. The quantitative estimate of drug-likeness (QED) is 0.736. The fourth-order valence-electron chi connectivity index (χ4n) is 2.97. The van der Waals surface area contributed by atoms with Crippen LogP contribution < -0.4 is 10.6 Å². The Balaban J connectivity index is 1.72. The van der Waals surface area contributed by atoms with E-state index in [9.17, 15) is 23.1 Å². The molecule has 0 bridgehead atoms. The molecule has 1 unspecified atom stereocenters. The van der Waals surface area contributed by atoms with Crippen LogP contribution in [-0.2, 0) is 6.18 Å². The van der Waals surface area contributed by atoms with Crippen molar-refractivity contribution >= 4 is 17.4 Å². The van der Waals surface area contributed by atoms with Gasteiger partial charge in [-0.25, -0.2) is 9.97 Å². The summed E-state index contributed by atoms with van der Waals surface area (Å²) in [7, 11) is 0. The van der Waals surface area contributed by atoms with E-state index in [1.165, 1.54) is 12.4 Å². The Morgan fingerprint density at radius 2 is 2.00 bits per heavy atom. The topological polar surface area (TPSA) is 100 Å². The molecule has 0 saturated heterocycles. The highest BCUT2D eigenvalue weighted by Crippen LogP contribution is 2.30. The smallest absolute Gasteiger partial charge is 0.393 e. The van der Waals surface area contributed by atoms with E-state index >= 15 is 0 Å². The van der Waals surface area contributed by atoms with Crippen LogP contribution in [0.3, 0.4) is 0 Å². The van der Waals surface area contributed by atoms with Gasteiger partial charge in [0, 0.05) is 31.1 Å². The molecule has 2 atom stereocenters. The summed E-state index contributed by atoms with van der Waals surface area (Å²) in [6, 6.07) is 0.795. The van der Waals surface area contributed by atoms with Crippen molar-refractivity contribution in [2.45, 2.75) is 31.5 Å².